The fourth-order valence-electron chi connectivity index (χ4n) is 2.11. The van der Waals surface area contributed by atoms with Crippen molar-refractivity contribution in [1.82, 2.24) is 5.32 Å². The number of anilines is 1. The van der Waals surface area contributed by atoms with Crippen molar-refractivity contribution in [3.05, 3.63) is 65.2 Å². The Kier molecular flexibility index (Phi) is 5.61. The van der Waals surface area contributed by atoms with Gasteiger partial charge in [0.1, 0.15) is 0 Å². The Morgan fingerprint density at radius 1 is 1.05 bits per heavy atom. The van der Waals surface area contributed by atoms with Gasteiger partial charge in [-0.2, -0.15) is 0 Å². The number of carbonyl (C=O) groups excluding carboxylic acids is 1. The van der Waals surface area contributed by atoms with Crippen LogP contribution in [-0.4, -0.2) is 12.5 Å². The van der Waals surface area contributed by atoms with E-state index in [9.17, 15) is 13.6 Å². The summed E-state index contributed by atoms with van der Waals surface area (Å²) >= 11 is 0. The van der Waals surface area contributed by atoms with Crippen molar-refractivity contribution in [3.8, 4) is 0 Å². The lowest BCUT2D eigenvalue weighted by molar-refractivity contribution is -0.115. The van der Waals surface area contributed by atoms with Crippen LogP contribution < -0.4 is 10.6 Å². The summed E-state index contributed by atoms with van der Waals surface area (Å²) in [6.07, 6.45) is -0.209. The summed E-state index contributed by atoms with van der Waals surface area (Å²) in [6, 6.07) is 11.2. The molecule has 0 spiro atoms. The Morgan fingerprint density at radius 2 is 1.77 bits per heavy atom. The molecule has 0 aliphatic heterocycles. The number of rotatable bonds is 6. The highest BCUT2D eigenvalue weighted by molar-refractivity contribution is 5.93. The minimum Gasteiger partial charge on any atom is -0.325 e. The first-order chi connectivity index (χ1) is 10.6. The van der Waals surface area contributed by atoms with Gasteiger partial charge >= 0.3 is 0 Å². The number of halogens is 2. The van der Waals surface area contributed by atoms with E-state index < -0.39 is 11.6 Å². The molecule has 1 amide bonds. The summed E-state index contributed by atoms with van der Waals surface area (Å²) in [4.78, 5) is 12.1. The van der Waals surface area contributed by atoms with Gasteiger partial charge in [-0.25, -0.2) is 8.78 Å². The second-order valence-electron chi connectivity index (χ2n) is 4.88. The maximum atomic E-state index is 13.6. The van der Waals surface area contributed by atoms with Gasteiger partial charge in [-0.05, 0) is 24.2 Å². The van der Waals surface area contributed by atoms with Gasteiger partial charge in [0.25, 0.3) is 0 Å². The van der Waals surface area contributed by atoms with Crippen molar-refractivity contribution in [3.63, 3.8) is 0 Å². The molecule has 2 rings (SSSR count). The lowest BCUT2D eigenvalue weighted by atomic mass is 10.1. The highest BCUT2D eigenvalue weighted by Gasteiger charge is 2.12. The number of nitrogens with one attached hydrogen (secondary N) is 2. The fourth-order valence-corrected chi connectivity index (χ4v) is 2.11. The molecule has 0 aliphatic carbocycles. The molecule has 2 aromatic carbocycles. The van der Waals surface area contributed by atoms with Gasteiger partial charge in [0.2, 0.25) is 5.91 Å². The van der Waals surface area contributed by atoms with E-state index in [1.165, 1.54) is 12.1 Å². The molecular formula is C17H18F2N2O. The average Bonchev–Trinajstić information content (AvgIpc) is 2.51. The predicted molar refractivity (Wildman–Crippen MR) is 82.5 cm³/mol. The average molecular weight is 304 g/mol. The van der Waals surface area contributed by atoms with E-state index in [2.05, 4.69) is 10.6 Å². The molecule has 22 heavy (non-hydrogen) atoms. The van der Waals surface area contributed by atoms with E-state index >= 15 is 0 Å². The van der Waals surface area contributed by atoms with Crippen molar-refractivity contribution >= 4 is 11.6 Å². The van der Waals surface area contributed by atoms with Crippen molar-refractivity contribution in [2.75, 3.05) is 11.9 Å². The molecule has 0 radical (unpaired) electrons. The number of hydrogen-bond acceptors (Lipinski definition) is 2. The first-order valence-corrected chi connectivity index (χ1v) is 7.13. The van der Waals surface area contributed by atoms with E-state index in [1.54, 1.807) is 6.07 Å². The summed E-state index contributed by atoms with van der Waals surface area (Å²) in [6.45, 7) is 3.44. The molecule has 2 aromatic rings. The zero-order chi connectivity index (χ0) is 15.9. The highest BCUT2D eigenvalue weighted by atomic mass is 19.2. The predicted octanol–water partition coefficient (Wildman–Crippen LogP) is 3.26. The summed E-state index contributed by atoms with van der Waals surface area (Å²) < 4.78 is 26.7. The maximum Gasteiger partial charge on any atom is 0.228 e. The maximum absolute atomic E-state index is 13.6. The molecule has 0 saturated carbocycles. The van der Waals surface area contributed by atoms with Gasteiger partial charge < -0.3 is 10.6 Å². The number of hydrogen-bond donors (Lipinski definition) is 2. The van der Waals surface area contributed by atoms with Gasteiger partial charge in [0.15, 0.2) is 11.6 Å². The number of amides is 1. The summed E-state index contributed by atoms with van der Waals surface area (Å²) in [5.41, 5.74) is 1.66. The molecule has 0 heterocycles. The van der Waals surface area contributed by atoms with E-state index in [4.69, 9.17) is 0 Å². The third-order valence-electron chi connectivity index (χ3n) is 3.24. The molecule has 0 bridgehead atoms. The first kappa shape index (κ1) is 16.1. The zero-order valence-corrected chi connectivity index (χ0v) is 12.3. The van der Waals surface area contributed by atoms with Crippen molar-refractivity contribution in [2.45, 2.75) is 19.9 Å². The summed E-state index contributed by atoms with van der Waals surface area (Å²) in [7, 11) is 0. The van der Waals surface area contributed by atoms with Gasteiger partial charge in [0, 0.05) is 17.8 Å². The summed E-state index contributed by atoms with van der Waals surface area (Å²) in [5.74, 6) is -2.30. The second-order valence-corrected chi connectivity index (χ2v) is 4.88. The third kappa shape index (κ3) is 4.11. The monoisotopic (exact) mass is 304 g/mol. The molecule has 0 aliphatic rings. The van der Waals surface area contributed by atoms with Crippen LogP contribution in [0.25, 0.3) is 0 Å². The Hall–Kier alpha value is -2.27. The molecule has 116 valence electrons. The van der Waals surface area contributed by atoms with Crippen molar-refractivity contribution in [2.24, 2.45) is 0 Å². The van der Waals surface area contributed by atoms with E-state index in [0.717, 1.165) is 18.2 Å². The van der Waals surface area contributed by atoms with Crippen LogP contribution >= 0.6 is 0 Å². The Morgan fingerprint density at radius 3 is 2.55 bits per heavy atom. The largest absolute Gasteiger partial charge is 0.325 e. The zero-order valence-electron chi connectivity index (χ0n) is 12.3. The minimum absolute atomic E-state index is 0.0432. The SMILES string of the molecule is CCNCc1ccccc1NC(=O)Cc1cccc(F)c1F. The number of para-hydroxylation sites is 1. The Balaban J connectivity index is 2.07. The van der Waals surface area contributed by atoms with Gasteiger partial charge in [-0.1, -0.05) is 37.3 Å². The fraction of sp³-hybridized carbons (Fsp3) is 0.235. The molecule has 0 atom stereocenters. The number of carbonyl (C=O) groups is 1. The van der Waals surface area contributed by atoms with Crippen molar-refractivity contribution in [1.29, 1.82) is 0 Å². The van der Waals surface area contributed by atoms with Crippen LogP contribution in [0.5, 0.6) is 0 Å². The van der Waals surface area contributed by atoms with Gasteiger partial charge in [-0.15, -0.1) is 0 Å². The Labute approximate surface area is 128 Å². The quantitative estimate of drug-likeness (QED) is 0.860. The molecule has 3 nitrogen and oxygen atoms in total. The molecule has 0 aromatic heterocycles. The summed E-state index contributed by atoms with van der Waals surface area (Å²) in [5, 5.41) is 5.93. The molecule has 0 unspecified atom stereocenters. The lowest BCUT2D eigenvalue weighted by Gasteiger charge is -2.11. The molecule has 2 N–H and O–H groups in total. The molecule has 0 saturated heterocycles. The topological polar surface area (TPSA) is 41.1 Å². The Bertz CT molecular complexity index is 659. The van der Waals surface area contributed by atoms with Crippen LogP contribution in [-0.2, 0) is 17.8 Å². The molecule has 0 fully saturated rings. The second kappa shape index (κ2) is 7.66. The van der Waals surface area contributed by atoms with Crippen LogP contribution in [0.4, 0.5) is 14.5 Å². The van der Waals surface area contributed by atoms with Crippen molar-refractivity contribution < 1.29 is 13.6 Å². The smallest absolute Gasteiger partial charge is 0.228 e. The van der Waals surface area contributed by atoms with E-state index in [0.29, 0.717) is 12.2 Å². The minimum atomic E-state index is -0.974. The van der Waals surface area contributed by atoms with E-state index in [1.807, 2.05) is 25.1 Å². The van der Waals surface area contributed by atoms with Gasteiger partial charge in [0.05, 0.1) is 6.42 Å². The van der Waals surface area contributed by atoms with Crippen LogP contribution in [0.3, 0.4) is 0 Å². The first-order valence-electron chi connectivity index (χ1n) is 7.13. The molecular weight excluding hydrogens is 286 g/mol. The lowest BCUT2D eigenvalue weighted by Crippen LogP contribution is -2.19. The van der Waals surface area contributed by atoms with E-state index in [-0.39, 0.29) is 17.9 Å². The number of benzene rings is 2. The standard InChI is InChI=1S/C17H18F2N2O/c1-2-20-11-13-6-3-4-9-15(13)21-16(22)10-12-7-5-8-14(18)17(12)19/h3-9,20H,2,10-11H2,1H3,(H,21,22). The molecule has 5 heteroatoms. The van der Waals surface area contributed by atoms with Crippen LogP contribution in [0, 0.1) is 11.6 Å². The van der Waals surface area contributed by atoms with Crippen LogP contribution in [0.1, 0.15) is 18.1 Å². The normalized spacial score (nSPS) is 10.5. The van der Waals surface area contributed by atoms with Gasteiger partial charge in [-0.3, -0.25) is 4.79 Å². The van der Waals surface area contributed by atoms with Crippen LogP contribution in [0.15, 0.2) is 42.5 Å². The van der Waals surface area contributed by atoms with Crippen LogP contribution in [0.2, 0.25) is 0 Å². The highest BCUT2D eigenvalue weighted by Crippen LogP contribution is 2.17. The third-order valence-corrected chi connectivity index (χ3v) is 3.24.